The number of urea groups is 1. The van der Waals surface area contributed by atoms with Gasteiger partial charge in [0, 0.05) is 11.9 Å². The standard InChI is InChI=1S/C15H19N3O3/c1-9-11(13(19)21-15(2,3)4)12(18-14(20)17-9)10-7-5-6-8-16-10/h5-8,12H,1-4H3,(H2,17,18,20). The van der Waals surface area contributed by atoms with E-state index in [0.29, 0.717) is 17.0 Å². The van der Waals surface area contributed by atoms with E-state index in [-0.39, 0.29) is 6.03 Å². The molecule has 0 fully saturated rings. The first-order chi connectivity index (χ1) is 9.78. The summed E-state index contributed by atoms with van der Waals surface area (Å²) in [6.45, 7) is 7.07. The molecule has 1 aliphatic rings. The molecule has 0 spiro atoms. The van der Waals surface area contributed by atoms with E-state index in [2.05, 4.69) is 15.6 Å². The zero-order valence-corrected chi connectivity index (χ0v) is 12.6. The Morgan fingerprint density at radius 1 is 1.33 bits per heavy atom. The second-order valence-electron chi connectivity index (χ2n) is 5.83. The molecule has 2 N–H and O–H groups in total. The van der Waals surface area contributed by atoms with Crippen molar-refractivity contribution < 1.29 is 14.3 Å². The van der Waals surface area contributed by atoms with Crippen molar-refractivity contribution >= 4 is 12.0 Å². The summed E-state index contributed by atoms with van der Waals surface area (Å²) in [5.41, 5.74) is 0.819. The highest BCUT2D eigenvalue weighted by atomic mass is 16.6. The highest BCUT2D eigenvalue weighted by Gasteiger charge is 2.34. The fourth-order valence-corrected chi connectivity index (χ4v) is 2.07. The Bertz CT molecular complexity index is 588. The Labute approximate surface area is 123 Å². The smallest absolute Gasteiger partial charge is 0.338 e. The van der Waals surface area contributed by atoms with Crippen LogP contribution >= 0.6 is 0 Å². The molecule has 2 heterocycles. The topological polar surface area (TPSA) is 80.3 Å². The van der Waals surface area contributed by atoms with E-state index in [9.17, 15) is 9.59 Å². The van der Waals surface area contributed by atoms with Gasteiger partial charge in [-0.05, 0) is 39.8 Å². The van der Waals surface area contributed by atoms with Gasteiger partial charge in [0.05, 0.1) is 11.3 Å². The molecule has 21 heavy (non-hydrogen) atoms. The van der Waals surface area contributed by atoms with E-state index in [4.69, 9.17) is 4.74 Å². The molecule has 0 saturated heterocycles. The van der Waals surface area contributed by atoms with Crippen LogP contribution in [0.1, 0.15) is 39.4 Å². The number of esters is 1. The molecule has 2 amide bonds. The van der Waals surface area contributed by atoms with Crippen molar-refractivity contribution in [2.24, 2.45) is 0 Å². The lowest BCUT2D eigenvalue weighted by atomic mass is 9.99. The maximum atomic E-state index is 12.4. The van der Waals surface area contributed by atoms with Crippen LogP contribution in [-0.4, -0.2) is 22.6 Å². The Hall–Kier alpha value is -2.37. The Morgan fingerprint density at radius 3 is 2.62 bits per heavy atom. The molecule has 2 rings (SSSR count). The molecular weight excluding hydrogens is 270 g/mol. The average molecular weight is 289 g/mol. The van der Waals surface area contributed by atoms with Crippen molar-refractivity contribution in [2.45, 2.75) is 39.3 Å². The van der Waals surface area contributed by atoms with Crippen molar-refractivity contribution in [1.29, 1.82) is 0 Å². The molecule has 0 radical (unpaired) electrons. The zero-order valence-electron chi connectivity index (χ0n) is 12.6. The molecule has 0 aliphatic carbocycles. The van der Waals surface area contributed by atoms with Gasteiger partial charge >= 0.3 is 12.0 Å². The first-order valence-electron chi connectivity index (χ1n) is 6.70. The summed E-state index contributed by atoms with van der Waals surface area (Å²) in [7, 11) is 0. The van der Waals surface area contributed by atoms with Gasteiger partial charge in [-0.2, -0.15) is 0 Å². The third-order valence-electron chi connectivity index (χ3n) is 2.87. The fourth-order valence-electron chi connectivity index (χ4n) is 2.07. The Morgan fingerprint density at radius 2 is 2.05 bits per heavy atom. The summed E-state index contributed by atoms with van der Waals surface area (Å²) >= 11 is 0. The number of aromatic nitrogens is 1. The monoisotopic (exact) mass is 289 g/mol. The van der Waals surface area contributed by atoms with Crippen molar-refractivity contribution in [2.75, 3.05) is 0 Å². The number of carbonyl (C=O) groups is 2. The summed E-state index contributed by atoms with van der Waals surface area (Å²) < 4.78 is 5.42. The second-order valence-corrected chi connectivity index (χ2v) is 5.83. The molecule has 0 aromatic carbocycles. The lowest BCUT2D eigenvalue weighted by Gasteiger charge is -2.29. The number of hydrogen-bond donors (Lipinski definition) is 2. The highest BCUT2D eigenvalue weighted by molar-refractivity contribution is 5.95. The number of ether oxygens (including phenoxy) is 1. The minimum absolute atomic E-state index is 0.364. The summed E-state index contributed by atoms with van der Waals surface area (Å²) in [6.07, 6.45) is 1.62. The summed E-state index contributed by atoms with van der Waals surface area (Å²) in [5.74, 6) is -0.469. The maximum Gasteiger partial charge on any atom is 0.338 e. The molecule has 1 unspecified atom stereocenters. The normalized spacial score (nSPS) is 18.9. The zero-order chi connectivity index (χ0) is 15.6. The predicted octanol–water partition coefficient (Wildman–Crippen LogP) is 2.05. The number of rotatable bonds is 2. The van der Waals surface area contributed by atoms with E-state index >= 15 is 0 Å². The van der Waals surface area contributed by atoms with Gasteiger partial charge in [-0.25, -0.2) is 9.59 Å². The number of carbonyl (C=O) groups excluding carboxylic acids is 2. The van der Waals surface area contributed by atoms with Crippen molar-refractivity contribution in [3.8, 4) is 0 Å². The summed E-state index contributed by atoms with van der Waals surface area (Å²) in [4.78, 5) is 28.3. The molecule has 6 heteroatoms. The van der Waals surface area contributed by atoms with E-state index in [1.54, 1.807) is 52.1 Å². The molecular formula is C15H19N3O3. The first-order valence-corrected chi connectivity index (χ1v) is 6.70. The van der Waals surface area contributed by atoms with Crippen molar-refractivity contribution in [3.63, 3.8) is 0 Å². The molecule has 0 saturated carbocycles. The fraction of sp³-hybridized carbons (Fsp3) is 0.400. The van der Waals surface area contributed by atoms with Gasteiger partial charge < -0.3 is 15.4 Å². The molecule has 1 aromatic rings. The van der Waals surface area contributed by atoms with Crippen LogP contribution < -0.4 is 10.6 Å². The third kappa shape index (κ3) is 3.59. The predicted molar refractivity (Wildman–Crippen MR) is 77.2 cm³/mol. The van der Waals surface area contributed by atoms with Crippen LogP contribution in [0.4, 0.5) is 4.79 Å². The van der Waals surface area contributed by atoms with E-state index in [1.807, 2.05) is 0 Å². The molecule has 0 bridgehead atoms. The van der Waals surface area contributed by atoms with Crippen LogP contribution in [0.5, 0.6) is 0 Å². The van der Waals surface area contributed by atoms with Crippen LogP contribution in [0.15, 0.2) is 35.7 Å². The minimum Gasteiger partial charge on any atom is -0.456 e. The number of hydrogen-bond acceptors (Lipinski definition) is 4. The van der Waals surface area contributed by atoms with Gasteiger partial charge in [-0.3, -0.25) is 4.98 Å². The average Bonchev–Trinajstić information content (AvgIpc) is 2.36. The van der Waals surface area contributed by atoms with Crippen LogP contribution in [0.25, 0.3) is 0 Å². The quantitative estimate of drug-likeness (QED) is 0.817. The van der Waals surface area contributed by atoms with Gasteiger partial charge in [-0.15, -0.1) is 0 Å². The highest BCUT2D eigenvalue weighted by Crippen LogP contribution is 2.27. The first kappa shape index (κ1) is 15.0. The third-order valence-corrected chi connectivity index (χ3v) is 2.87. The van der Waals surface area contributed by atoms with Crippen molar-refractivity contribution in [3.05, 3.63) is 41.4 Å². The number of allylic oxidation sites excluding steroid dienone is 1. The number of amides is 2. The van der Waals surface area contributed by atoms with Crippen LogP contribution in [0, 0.1) is 0 Å². The second kappa shape index (κ2) is 5.55. The van der Waals surface area contributed by atoms with Gasteiger partial charge in [0.25, 0.3) is 0 Å². The van der Waals surface area contributed by atoms with E-state index < -0.39 is 17.6 Å². The lowest BCUT2D eigenvalue weighted by molar-refractivity contribution is -0.150. The van der Waals surface area contributed by atoms with E-state index in [1.165, 1.54) is 0 Å². The van der Waals surface area contributed by atoms with Gasteiger partial charge in [0.15, 0.2) is 0 Å². The Kier molecular flexibility index (Phi) is 3.97. The molecule has 1 aliphatic heterocycles. The SMILES string of the molecule is CC1=C(C(=O)OC(C)(C)C)C(c2ccccn2)NC(=O)N1. The molecule has 1 aromatic heterocycles. The molecule has 112 valence electrons. The number of nitrogens with zero attached hydrogens (tertiary/aromatic N) is 1. The van der Waals surface area contributed by atoms with Crippen LogP contribution in [-0.2, 0) is 9.53 Å². The van der Waals surface area contributed by atoms with Crippen LogP contribution in [0.2, 0.25) is 0 Å². The largest absolute Gasteiger partial charge is 0.456 e. The van der Waals surface area contributed by atoms with Gasteiger partial charge in [0.1, 0.15) is 11.6 Å². The molecule has 6 nitrogen and oxygen atoms in total. The number of nitrogens with one attached hydrogen (secondary N) is 2. The lowest BCUT2D eigenvalue weighted by Crippen LogP contribution is -2.46. The van der Waals surface area contributed by atoms with Gasteiger partial charge in [-0.1, -0.05) is 6.07 Å². The minimum atomic E-state index is -0.616. The Balaban J connectivity index is 2.40. The van der Waals surface area contributed by atoms with Crippen LogP contribution in [0.3, 0.4) is 0 Å². The molecule has 1 atom stereocenters. The van der Waals surface area contributed by atoms with Gasteiger partial charge in [0.2, 0.25) is 0 Å². The summed E-state index contributed by atoms with van der Waals surface area (Å²) in [5, 5.41) is 5.31. The summed E-state index contributed by atoms with van der Waals surface area (Å²) in [6, 6.07) is 4.35. The van der Waals surface area contributed by atoms with E-state index in [0.717, 1.165) is 0 Å². The number of pyridine rings is 1. The maximum absolute atomic E-state index is 12.4. The van der Waals surface area contributed by atoms with Crippen molar-refractivity contribution in [1.82, 2.24) is 15.6 Å².